The highest BCUT2D eigenvalue weighted by Gasteiger charge is 2.13. The minimum Gasteiger partial charge on any atom is -0.493 e. The molecule has 1 N–H and O–H groups in total. The molecule has 0 aliphatic rings. The summed E-state index contributed by atoms with van der Waals surface area (Å²) < 4.78 is 11.2. The van der Waals surface area contributed by atoms with Gasteiger partial charge in [-0.2, -0.15) is 4.98 Å². The van der Waals surface area contributed by atoms with Crippen LogP contribution in [0.3, 0.4) is 0 Å². The summed E-state index contributed by atoms with van der Waals surface area (Å²) in [5.41, 5.74) is 0.871. The number of benzene rings is 1. The van der Waals surface area contributed by atoms with Crippen LogP contribution in [0.5, 0.6) is 17.4 Å². The van der Waals surface area contributed by atoms with Crippen molar-refractivity contribution in [3.05, 3.63) is 35.7 Å². The summed E-state index contributed by atoms with van der Waals surface area (Å²) in [5, 5.41) is 3.06. The minimum absolute atomic E-state index is 0.547. The predicted molar refractivity (Wildman–Crippen MR) is 78.8 cm³/mol. The summed E-state index contributed by atoms with van der Waals surface area (Å²) in [6.07, 6.45) is 0.747. The Morgan fingerprint density at radius 2 is 1.85 bits per heavy atom. The van der Waals surface area contributed by atoms with E-state index >= 15 is 0 Å². The van der Waals surface area contributed by atoms with Crippen molar-refractivity contribution in [3.8, 4) is 17.4 Å². The summed E-state index contributed by atoms with van der Waals surface area (Å²) in [6.45, 7) is 3.94. The lowest BCUT2D eigenvalue weighted by molar-refractivity contribution is 0.372. The first-order valence-corrected chi connectivity index (χ1v) is 6.55. The Bertz CT molecular complexity index is 600. The summed E-state index contributed by atoms with van der Waals surface area (Å²) in [6, 6.07) is 7.50. The lowest BCUT2D eigenvalue weighted by atomic mass is 10.3. The highest BCUT2D eigenvalue weighted by atomic mass is 16.5. The molecule has 2 aromatic rings. The standard InChI is InChI=1S/C15H19N3O2/c1-5-13-17-14(16-3)10(2)15(18-13)20-12-9-7-6-8-11(12)19-4/h6-9H,5H2,1-4H3,(H,16,17,18). The maximum atomic E-state index is 5.90. The van der Waals surface area contributed by atoms with Crippen molar-refractivity contribution < 1.29 is 9.47 Å². The van der Waals surface area contributed by atoms with Crippen molar-refractivity contribution in [2.24, 2.45) is 0 Å². The Morgan fingerprint density at radius 3 is 2.45 bits per heavy atom. The van der Waals surface area contributed by atoms with Gasteiger partial charge in [-0.3, -0.25) is 0 Å². The maximum absolute atomic E-state index is 5.90. The minimum atomic E-state index is 0.547. The van der Waals surface area contributed by atoms with Gasteiger partial charge in [0.05, 0.1) is 12.7 Å². The molecule has 5 nitrogen and oxygen atoms in total. The lowest BCUT2D eigenvalue weighted by Crippen LogP contribution is -2.05. The van der Waals surface area contributed by atoms with Gasteiger partial charge in [0.1, 0.15) is 11.6 Å². The zero-order chi connectivity index (χ0) is 14.5. The average Bonchev–Trinajstić information content (AvgIpc) is 2.49. The number of hydrogen-bond donors (Lipinski definition) is 1. The second-order valence-corrected chi connectivity index (χ2v) is 4.28. The van der Waals surface area contributed by atoms with Crippen LogP contribution < -0.4 is 14.8 Å². The number of rotatable bonds is 5. The number of methoxy groups -OCH3 is 1. The molecule has 0 saturated heterocycles. The Kier molecular flexibility index (Phi) is 4.40. The van der Waals surface area contributed by atoms with E-state index in [1.165, 1.54) is 0 Å². The smallest absolute Gasteiger partial charge is 0.227 e. The molecular formula is C15H19N3O2. The van der Waals surface area contributed by atoms with Gasteiger partial charge >= 0.3 is 0 Å². The second-order valence-electron chi connectivity index (χ2n) is 4.28. The van der Waals surface area contributed by atoms with Crippen LogP contribution in [0, 0.1) is 6.92 Å². The zero-order valence-corrected chi connectivity index (χ0v) is 12.2. The molecule has 0 radical (unpaired) electrons. The van der Waals surface area contributed by atoms with E-state index in [1.807, 2.05) is 45.2 Å². The number of nitrogens with one attached hydrogen (secondary N) is 1. The molecule has 0 amide bonds. The number of anilines is 1. The lowest BCUT2D eigenvalue weighted by Gasteiger charge is -2.14. The number of aryl methyl sites for hydroxylation is 1. The van der Waals surface area contributed by atoms with E-state index in [1.54, 1.807) is 7.11 Å². The fourth-order valence-electron chi connectivity index (χ4n) is 1.85. The molecule has 0 bridgehead atoms. The quantitative estimate of drug-likeness (QED) is 0.906. The fraction of sp³-hybridized carbons (Fsp3) is 0.333. The molecule has 0 spiro atoms. The Balaban J connectivity index is 2.42. The van der Waals surface area contributed by atoms with Gasteiger partial charge in [0.15, 0.2) is 11.5 Å². The molecule has 20 heavy (non-hydrogen) atoms. The summed E-state index contributed by atoms with van der Waals surface area (Å²) in [7, 11) is 3.45. The number of nitrogens with zero attached hydrogens (tertiary/aromatic N) is 2. The number of hydrogen-bond acceptors (Lipinski definition) is 5. The molecule has 0 aliphatic carbocycles. The summed E-state index contributed by atoms with van der Waals surface area (Å²) in [5.74, 6) is 3.38. The summed E-state index contributed by atoms with van der Waals surface area (Å²) in [4.78, 5) is 8.86. The van der Waals surface area contributed by atoms with Crippen molar-refractivity contribution in [3.63, 3.8) is 0 Å². The van der Waals surface area contributed by atoms with E-state index < -0.39 is 0 Å². The van der Waals surface area contributed by atoms with Gasteiger partial charge in [-0.05, 0) is 19.1 Å². The Morgan fingerprint density at radius 1 is 1.15 bits per heavy atom. The number of ether oxygens (including phenoxy) is 2. The Hall–Kier alpha value is -2.30. The molecule has 0 aliphatic heterocycles. The van der Waals surface area contributed by atoms with E-state index in [9.17, 15) is 0 Å². The normalized spacial score (nSPS) is 10.2. The van der Waals surface area contributed by atoms with Crippen LogP contribution in [-0.2, 0) is 6.42 Å². The largest absolute Gasteiger partial charge is 0.493 e. The first kappa shape index (κ1) is 14.1. The number of para-hydroxylation sites is 2. The topological polar surface area (TPSA) is 56.3 Å². The fourth-order valence-corrected chi connectivity index (χ4v) is 1.85. The van der Waals surface area contributed by atoms with Crippen molar-refractivity contribution in [2.45, 2.75) is 20.3 Å². The van der Waals surface area contributed by atoms with Gasteiger partial charge < -0.3 is 14.8 Å². The van der Waals surface area contributed by atoms with E-state index in [0.717, 1.165) is 23.6 Å². The highest BCUT2D eigenvalue weighted by molar-refractivity contribution is 5.50. The van der Waals surface area contributed by atoms with Crippen LogP contribution in [-0.4, -0.2) is 24.1 Å². The van der Waals surface area contributed by atoms with Crippen LogP contribution in [0.1, 0.15) is 18.3 Å². The van der Waals surface area contributed by atoms with Gasteiger partial charge in [-0.15, -0.1) is 0 Å². The van der Waals surface area contributed by atoms with E-state index in [0.29, 0.717) is 17.4 Å². The SMILES string of the molecule is CCc1nc(NC)c(C)c(Oc2ccccc2OC)n1. The van der Waals surface area contributed by atoms with Crippen LogP contribution in [0.4, 0.5) is 5.82 Å². The first-order chi connectivity index (χ1) is 9.69. The van der Waals surface area contributed by atoms with Crippen molar-refractivity contribution in [1.29, 1.82) is 0 Å². The average molecular weight is 273 g/mol. The number of aromatic nitrogens is 2. The zero-order valence-electron chi connectivity index (χ0n) is 12.2. The molecule has 0 unspecified atom stereocenters. The highest BCUT2D eigenvalue weighted by Crippen LogP contribution is 2.33. The van der Waals surface area contributed by atoms with Crippen molar-refractivity contribution in [2.75, 3.05) is 19.5 Å². The van der Waals surface area contributed by atoms with Crippen molar-refractivity contribution >= 4 is 5.82 Å². The molecule has 0 atom stereocenters. The van der Waals surface area contributed by atoms with Crippen molar-refractivity contribution in [1.82, 2.24) is 9.97 Å². The van der Waals surface area contributed by atoms with Gasteiger partial charge in [0.2, 0.25) is 5.88 Å². The molecule has 106 valence electrons. The maximum Gasteiger partial charge on any atom is 0.227 e. The van der Waals surface area contributed by atoms with Crippen LogP contribution in [0.2, 0.25) is 0 Å². The molecule has 1 aromatic heterocycles. The van der Waals surface area contributed by atoms with E-state index in [-0.39, 0.29) is 0 Å². The monoisotopic (exact) mass is 273 g/mol. The van der Waals surface area contributed by atoms with E-state index in [2.05, 4.69) is 15.3 Å². The van der Waals surface area contributed by atoms with Gasteiger partial charge in [-0.25, -0.2) is 4.98 Å². The molecular weight excluding hydrogens is 254 g/mol. The third-order valence-electron chi connectivity index (χ3n) is 2.98. The predicted octanol–water partition coefficient (Wildman–Crippen LogP) is 3.19. The van der Waals surface area contributed by atoms with Gasteiger partial charge in [0.25, 0.3) is 0 Å². The summed E-state index contributed by atoms with van der Waals surface area (Å²) >= 11 is 0. The van der Waals surface area contributed by atoms with E-state index in [4.69, 9.17) is 9.47 Å². The molecule has 2 rings (SSSR count). The molecule has 0 fully saturated rings. The first-order valence-electron chi connectivity index (χ1n) is 6.55. The van der Waals surface area contributed by atoms with Crippen LogP contribution >= 0.6 is 0 Å². The van der Waals surface area contributed by atoms with Crippen LogP contribution in [0.15, 0.2) is 24.3 Å². The van der Waals surface area contributed by atoms with Gasteiger partial charge in [-0.1, -0.05) is 19.1 Å². The third-order valence-corrected chi connectivity index (χ3v) is 2.98. The third kappa shape index (κ3) is 2.82. The van der Waals surface area contributed by atoms with Gasteiger partial charge in [0, 0.05) is 13.5 Å². The second kappa shape index (κ2) is 6.23. The van der Waals surface area contributed by atoms with Crippen LogP contribution in [0.25, 0.3) is 0 Å². The molecule has 0 saturated carbocycles. The molecule has 1 heterocycles. The molecule has 5 heteroatoms. The Labute approximate surface area is 119 Å². The molecule has 1 aromatic carbocycles.